The standard InChI is InChI=1S/C22H26FNO4/c1-3-16-11-20(14-5-7-15(23)8-6-14)19(21(4-2)24-16)10-9-17(25)12-18(26)13-22(27)28/h5-11,17-18,25-26H,3-4,12-13H2,1-2H3,(H,27,28)/b10-9+. The maximum absolute atomic E-state index is 13.3. The van der Waals surface area contributed by atoms with Crippen molar-refractivity contribution in [3.8, 4) is 11.1 Å². The number of hydrogen-bond donors (Lipinski definition) is 3. The molecule has 2 atom stereocenters. The van der Waals surface area contributed by atoms with Crippen molar-refractivity contribution in [2.24, 2.45) is 0 Å². The van der Waals surface area contributed by atoms with Crippen molar-refractivity contribution in [3.63, 3.8) is 0 Å². The van der Waals surface area contributed by atoms with Gasteiger partial charge < -0.3 is 15.3 Å². The van der Waals surface area contributed by atoms with Gasteiger partial charge in [0, 0.05) is 23.4 Å². The number of aliphatic carboxylic acids is 1. The molecule has 150 valence electrons. The number of rotatable bonds is 9. The number of halogens is 1. The van der Waals surface area contributed by atoms with Gasteiger partial charge in [0.1, 0.15) is 5.82 Å². The topological polar surface area (TPSA) is 90.7 Å². The van der Waals surface area contributed by atoms with E-state index in [1.165, 1.54) is 18.2 Å². The summed E-state index contributed by atoms with van der Waals surface area (Å²) in [5.74, 6) is -1.43. The van der Waals surface area contributed by atoms with Crippen LogP contribution in [0.5, 0.6) is 0 Å². The number of aromatic nitrogens is 1. The number of carboxylic acid groups (broad SMARTS) is 1. The summed E-state index contributed by atoms with van der Waals surface area (Å²) in [6.07, 6.45) is 2.09. The van der Waals surface area contributed by atoms with Crippen LogP contribution in [0.3, 0.4) is 0 Å². The van der Waals surface area contributed by atoms with E-state index in [1.807, 2.05) is 19.9 Å². The van der Waals surface area contributed by atoms with Gasteiger partial charge in [0.15, 0.2) is 0 Å². The molecule has 2 aromatic rings. The van der Waals surface area contributed by atoms with Crippen LogP contribution in [-0.4, -0.2) is 38.5 Å². The predicted molar refractivity (Wildman–Crippen MR) is 106 cm³/mol. The first-order valence-electron chi connectivity index (χ1n) is 9.38. The molecule has 2 rings (SSSR count). The maximum Gasteiger partial charge on any atom is 0.305 e. The number of hydrogen-bond acceptors (Lipinski definition) is 4. The largest absolute Gasteiger partial charge is 0.481 e. The molecule has 0 aliphatic carbocycles. The Hall–Kier alpha value is -2.57. The molecule has 0 aliphatic rings. The number of benzene rings is 1. The highest BCUT2D eigenvalue weighted by atomic mass is 19.1. The number of pyridine rings is 1. The van der Waals surface area contributed by atoms with E-state index in [0.29, 0.717) is 6.42 Å². The molecular weight excluding hydrogens is 361 g/mol. The zero-order chi connectivity index (χ0) is 20.7. The lowest BCUT2D eigenvalue weighted by molar-refractivity contribution is -0.139. The first-order valence-corrected chi connectivity index (χ1v) is 9.38. The molecule has 28 heavy (non-hydrogen) atoms. The Morgan fingerprint density at radius 1 is 1.18 bits per heavy atom. The van der Waals surface area contributed by atoms with E-state index in [2.05, 4.69) is 4.98 Å². The van der Waals surface area contributed by atoms with Gasteiger partial charge >= 0.3 is 5.97 Å². The highest BCUT2D eigenvalue weighted by Crippen LogP contribution is 2.29. The molecule has 6 heteroatoms. The quantitative estimate of drug-likeness (QED) is 0.611. The zero-order valence-corrected chi connectivity index (χ0v) is 16.1. The van der Waals surface area contributed by atoms with Gasteiger partial charge in [-0.1, -0.05) is 38.1 Å². The van der Waals surface area contributed by atoms with Gasteiger partial charge in [0.2, 0.25) is 0 Å². The van der Waals surface area contributed by atoms with Gasteiger partial charge in [-0.05, 0) is 42.2 Å². The first-order chi connectivity index (χ1) is 13.3. The molecule has 1 aromatic heterocycles. The highest BCUT2D eigenvalue weighted by molar-refractivity contribution is 5.77. The predicted octanol–water partition coefficient (Wildman–Crippen LogP) is 3.61. The Morgan fingerprint density at radius 3 is 2.43 bits per heavy atom. The van der Waals surface area contributed by atoms with Crippen LogP contribution in [-0.2, 0) is 17.6 Å². The van der Waals surface area contributed by atoms with Crippen LogP contribution in [0.2, 0.25) is 0 Å². The minimum Gasteiger partial charge on any atom is -0.481 e. The third kappa shape index (κ3) is 5.97. The number of carboxylic acids is 1. The molecule has 0 aliphatic heterocycles. The summed E-state index contributed by atoms with van der Waals surface area (Å²) in [4.78, 5) is 15.3. The van der Waals surface area contributed by atoms with E-state index >= 15 is 0 Å². The van der Waals surface area contributed by atoms with Crippen LogP contribution in [0.4, 0.5) is 4.39 Å². The molecule has 0 fully saturated rings. The molecule has 3 N–H and O–H groups in total. The van der Waals surface area contributed by atoms with Gasteiger partial charge in [-0.2, -0.15) is 0 Å². The van der Waals surface area contributed by atoms with Crippen LogP contribution in [0.1, 0.15) is 43.6 Å². The highest BCUT2D eigenvalue weighted by Gasteiger charge is 2.15. The fraction of sp³-hybridized carbons (Fsp3) is 0.364. The summed E-state index contributed by atoms with van der Waals surface area (Å²) in [5, 5.41) is 28.5. The number of nitrogens with zero attached hydrogens (tertiary/aromatic N) is 1. The number of aliphatic hydroxyl groups is 2. The van der Waals surface area contributed by atoms with Crippen LogP contribution < -0.4 is 0 Å². The van der Waals surface area contributed by atoms with Crippen molar-refractivity contribution in [2.45, 2.75) is 51.7 Å². The third-order valence-electron chi connectivity index (χ3n) is 4.45. The molecule has 2 unspecified atom stereocenters. The molecule has 0 amide bonds. The van der Waals surface area contributed by atoms with E-state index in [9.17, 15) is 19.4 Å². The van der Waals surface area contributed by atoms with Gasteiger partial charge in [-0.3, -0.25) is 9.78 Å². The molecule has 0 saturated carbocycles. The van der Waals surface area contributed by atoms with E-state index < -0.39 is 24.6 Å². The van der Waals surface area contributed by atoms with E-state index in [-0.39, 0.29) is 12.2 Å². The third-order valence-corrected chi connectivity index (χ3v) is 4.45. The van der Waals surface area contributed by atoms with Crippen LogP contribution in [0.25, 0.3) is 17.2 Å². The van der Waals surface area contributed by atoms with Crippen molar-refractivity contribution in [1.82, 2.24) is 4.98 Å². The molecule has 1 heterocycles. The molecule has 1 aromatic carbocycles. The van der Waals surface area contributed by atoms with Gasteiger partial charge in [-0.25, -0.2) is 4.39 Å². The Labute approximate surface area is 164 Å². The molecule has 0 saturated heterocycles. The lowest BCUT2D eigenvalue weighted by Gasteiger charge is -2.15. The van der Waals surface area contributed by atoms with E-state index in [1.54, 1.807) is 18.2 Å². The number of aryl methyl sites for hydroxylation is 2. The number of carbonyl (C=O) groups is 1. The van der Waals surface area contributed by atoms with Crippen molar-refractivity contribution >= 4 is 12.0 Å². The minimum atomic E-state index is -1.13. The van der Waals surface area contributed by atoms with Crippen molar-refractivity contribution < 1.29 is 24.5 Å². The molecule has 0 bridgehead atoms. The fourth-order valence-corrected chi connectivity index (χ4v) is 3.02. The lowest BCUT2D eigenvalue weighted by Crippen LogP contribution is -2.19. The SMILES string of the molecule is CCc1cc(-c2ccc(F)cc2)c(/C=C/C(O)CC(O)CC(=O)O)c(CC)n1. The van der Waals surface area contributed by atoms with Gasteiger partial charge in [0.25, 0.3) is 0 Å². The Kier molecular flexibility index (Phi) is 7.84. The molecule has 5 nitrogen and oxygen atoms in total. The second kappa shape index (κ2) is 10.1. The first kappa shape index (κ1) is 21.7. The van der Waals surface area contributed by atoms with Crippen molar-refractivity contribution in [2.75, 3.05) is 0 Å². The summed E-state index contributed by atoms with van der Waals surface area (Å²) < 4.78 is 13.3. The van der Waals surface area contributed by atoms with E-state index in [4.69, 9.17) is 5.11 Å². The number of aliphatic hydroxyl groups excluding tert-OH is 2. The smallest absolute Gasteiger partial charge is 0.305 e. The second-order valence-electron chi connectivity index (χ2n) is 6.65. The summed E-state index contributed by atoms with van der Waals surface area (Å²) in [6.45, 7) is 4.00. The fourth-order valence-electron chi connectivity index (χ4n) is 3.02. The normalized spacial score (nSPS) is 13.6. The average Bonchev–Trinajstić information content (AvgIpc) is 2.65. The van der Waals surface area contributed by atoms with Crippen LogP contribution in [0.15, 0.2) is 36.4 Å². The second-order valence-corrected chi connectivity index (χ2v) is 6.65. The minimum absolute atomic E-state index is 0.0728. The summed E-state index contributed by atoms with van der Waals surface area (Å²) in [5.41, 5.74) is 4.32. The maximum atomic E-state index is 13.3. The zero-order valence-electron chi connectivity index (χ0n) is 16.1. The molecule has 0 radical (unpaired) electrons. The summed E-state index contributed by atoms with van der Waals surface area (Å²) in [6, 6.07) is 8.16. The van der Waals surface area contributed by atoms with E-state index in [0.717, 1.165) is 34.5 Å². The van der Waals surface area contributed by atoms with Crippen molar-refractivity contribution in [1.29, 1.82) is 0 Å². The lowest BCUT2D eigenvalue weighted by atomic mass is 9.95. The Balaban J connectivity index is 2.38. The summed E-state index contributed by atoms with van der Waals surface area (Å²) in [7, 11) is 0. The average molecular weight is 387 g/mol. The van der Waals surface area contributed by atoms with Crippen LogP contribution in [0, 0.1) is 5.82 Å². The molecular formula is C22H26FNO4. The Morgan fingerprint density at radius 2 is 1.86 bits per heavy atom. The van der Waals surface area contributed by atoms with Gasteiger partial charge in [0.05, 0.1) is 18.6 Å². The van der Waals surface area contributed by atoms with Crippen molar-refractivity contribution in [3.05, 3.63) is 59.2 Å². The van der Waals surface area contributed by atoms with Crippen LogP contribution >= 0.6 is 0 Å². The monoisotopic (exact) mass is 387 g/mol. The van der Waals surface area contributed by atoms with Gasteiger partial charge in [-0.15, -0.1) is 0 Å². The Bertz CT molecular complexity index is 833. The molecule has 0 spiro atoms. The summed E-state index contributed by atoms with van der Waals surface area (Å²) >= 11 is 0.